The highest BCUT2D eigenvalue weighted by molar-refractivity contribution is 5.87. The minimum atomic E-state index is -0.316. The van der Waals surface area contributed by atoms with Crippen molar-refractivity contribution < 1.29 is 14.3 Å². The van der Waals surface area contributed by atoms with Gasteiger partial charge in [0, 0.05) is 12.0 Å². The van der Waals surface area contributed by atoms with Gasteiger partial charge in [-0.25, -0.2) is 0 Å². The summed E-state index contributed by atoms with van der Waals surface area (Å²) in [6.45, 7) is 1.80. The van der Waals surface area contributed by atoms with Crippen LogP contribution in [-0.2, 0) is 10.2 Å². The van der Waals surface area contributed by atoms with Crippen molar-refractivity contribution in [2.24, 2.45) is 0 Å². The maximum Gasteiger partial charge on any atom is 0.232 e. The maximum absolute atomic E-state index is 13.3. The summed E-state index contributed by atoms with van der Waals surface area (Å²) in [7, 11) is 0. The summed E-state index contributed by atoms with van der Waals surface area (Å²) in [4.78, 5) is 13.3. The first-order chi connectivity index (χ1) is 14.8. The minimum Gasteiger partial charge on any atom is -0.486 e. The fourth-order valence-corrected chi connectivity index (χ4v) is 4.24. The number of carbonyl (C=O) groups excluding carboxylic acids is 1. The summed E-state index contributed by atoms with van der Waals surface area (Å²) in [6, 6.07) is 26.1. The molecule has 1 aliphatic carbocycles. The molecule has 1 aliphatic heterocycles. The van der Waals surface area contributed by atoms with Crippen LogP contribution in [0.5, 0.6) is 11.5 Å². The molecule has 3 aromatic rings. The Labute approximate surface area is 176 Å². The zero-order chi connectivity index (χ0) is 20.4. The van der Waals surface area contributed by atoms with Gasteiger partial charge in [0.15, 0.2) is 11.5 Å². The fourth-order valence-electron chi connectivity index (χ4n) is 4.24. The van der Waals surface area contributed by atoms with Crippen LogP contribution in [0.1, 0.15) is 35.4 Å². The Morgan fingerprint density at radius 2 is 1.43 bits per heavy atom. The van der Waals surface area contributed by atoms with Crippen LogP contribution >= 0.6 is 0 Å². The molecule has 1 amide bonds. The summed E-state index contributed by atoms with van der Waals surface area (Å²) in [5, 5.41) is 3.25. The van der Waals surface area contributed by atoms with E-state index in [1.54, 1.807) is 0 Å². The molecule has 0 atom stereocenters. The van der Waals surface area contributed by atoms with Crippen molar-refractivity contribution >= 4 is 5.91 Å². The van der Waals surface area contributed by atoms with Crippen molar-refractivity contribution in [1.29, 1.82) is 0 Å². The molecule has 5 rings (SSSR count). The summed E-state index contributed by atoms with van der Waals surface area (Å²) in [5.74, 6) is 1.33. The number of rotatable bonds is 6. The van der Waals surface area contributed by atoms with E-state index in [1.807, 2.05) is 66.7 Å². The van der Waals surface area contributed by atoms with E-state index in [0.717, 1.165) is 35.5 Å². The molecule has 4 heteroatoms. The summed E-state index contributed by atoms with van der Waals surface area (Å²) >= 11 is 0. The largest absolute Gasteiger partial charge is 0.486 e. The lowest BCUT2D eigenvalue weighted by atomic mass is 9.89. The quantitative estimate of drug-likeness (QED) is 0.667. The monoisotopic (exact) mass is 399 g/mol. The Hall–Kier alpha value is -3.27. The topological polar surface area (TPSA) is 47.6 Å². The molecule has 4 nitrogen and oxygen atoms in total. The van der Waals surface area contributed by atoms with E-state index < -0.39 is 0 Å². The van der Waals surface area contributed by atoms with Gasteiger partial charge in [0.25, 0.3) is 0 Å². The van der Waals surface area contributed by atoms with E-state index in [-0.39, 0.29) is 17.2 Å². The van der Waals surface area contributed by atoms with Crippen molar-refractivity contribution in [3.8, 4) is 11.5 Å². The van der Waals surface area contributed by atoms with Gasteiger partial charge in [-0.1, -0.05) is 66.7 Å². The number of hydrogen-bond acceptors (Lipinski definition) is 3. The Morgan fingerprint density at radius 1 is 0.833 bits per heavy atom. The van der Waals surface area contributed by atoms with Gasteiger partial charge in [0.05, 0.1) is 5.92 Å². The highest BCUT2D eigenvalue weighted by Crippen LogP contribution is 2.49. The molecular formula is C26H25NO3. The molecule has 1 fully saturated rings. The molecule has 0 bridgehead atoms. The third kappa shape index (κ3) is 3.65. The van der Waals surface area contributed by atoms with Crippen LogP contribution in [0.4, 0.5) is 0 Å². The third-order valence-electron chi connectivity index (χ3n) is 6.14. The third-order valence-corrected chi connectivity index (χ3v) is 6.14. The Bertz CT molecular complexity index is 989. The van der Waals surface area contributed by atoms with E-state index in [1.165, 1.54) is 5.56 Å². The summed E-state index contributed by atoms with van der Waals surface area (Å²) < 4.78 is 11.4. The van der Waals surface area contributed by atoms with Crippen molar-refractivity contribution in [1.82, 2.24) is 5.32 Å². The fraction of sp³-hybridized carbons (Fsp3) is 0.269. The second-order valence-corrected chi connectivity index (χ2v) is 8.11. The molecule has 0 spiro atoms. The lowest BCUT2D eigenvalue weighted by molar-refractivity contribution is -0.121. The van der Waals surface area contributed by atoms with Crippen molar-refractivity contribution in [2.45, 2.75) is 24.2 Å². The van der Waals surface area contributed by atoms with Crippen LogP contribution in [0.15, 0.2) is 78.9 Å². The average Bonchev–Trinajstić information content (AvgIpc) is 3.60. The Balaban J connectivity index is 1.35. The van der Waals surface area contributed by atoms with Gasteiger partial charge in [-0.15, -0.1) is 0 Å². The lowest BCUT2D eigenvalue weighted by Gasteiger charge is -2.23. The van der Waals surface area contributed by atoms with Crippen molar-refractivity contribution in [3.05, 3.63) is 95.6 Å². The predicted molar refractivity (Wildman–Crippen MR) is 116 cm³/mol. The van der Waals surface area contributed by atoms with Gasteiger partial charge < -0.3 is 14.8 Å². The first-order valence-corrected chi connectivity index (χ1v) is 10.5. The maximum atomic E-state index is 13.3. The van der Waals surface area contributed by atoms with Gasteiger partial charge in [0.1, 0.15) is 13.2 Å². The Morgan fingerprint density at radius 3 is 2.03 bits per heavy atom. The van der Waals surface area contributed by atoms with E-state index in [9.17, 15) is 4.79 Å². The Kier molecular flexibility index (Phi) is 4.91. The van der Waals surface area contributed by atoms with Gasteiger partial charge in [-0.2, -0.15) is 0 Å². The number of fused-ring (bicyclic) bond motifs is 1. The summed E-state index contributed by atoms with van der Waals surface area (Å²) in [6.07, 6.45) is 2.13. The second-order valence-electron chi connectivity index (χ2n) is 8.11. The van der Waals surface area contributed by atoms with Crippen molar-refractivity contribution in [2.75, 3.05) is 19.8 Å². The molecule has 30 heavy (non-hydrogen) atoms. The number of nitrogens with one attached hydrogen (secondary N) is 1. The first-order valence-electron chi connectivity index (χ1n) is 10.5. The normalized spacial score (nSPS) is 16.2. The molecule has 0 aromatic heterocycles. The first kappa shape index (κ1) is 18.7. The number of ether oxygens (including phenoxy) is 2. The standard InChI is InChI=1S/C26H25NO3/c28-25(24(19-7-3-1-4-8-19)20-9-5-2-6-10-20)27-18-26(13-14-26)21-11-12-22-23(17-21)30-16-15-29-22/h1-12,17,24H,13-16,18H2,(H,27,28). The molecule has 0 unspecified atom stereocenters. The molecule has 1 saturated carbocycles. The van der Waals surface area contributed by atoms with E-state index in [0.29, 0.717) is 19.8 Å². The number of hydrogen-bond donors (Lipinski definition) is 1. The molecule has 152 valence electrons. The van der Waals surface area contributed by atoms with Crippen LogP contribution in [0.2, 0.25) is 0 Å². The van der Waals surface area contributed by atoms with E-state index >= 15 is 0 Å². The minimum absolute atomic E-state index is 0.0105. The van der Waals surface area contributed by atoms with Gasteiger partial charge in [-0.3, -0.25) is 4.79 Å². The molecule has 0 radical (unpaired) electrons. The van der Waals surface area contributed by atoms with Crippen LogP contribution in [0.25, 0.3) is 0 Å². The number of carbonyl (C=O) groups is 1. The highest BCUT2D eigenvalue weighted by Gasteiger charge is 2.45. The van der Waals surface area contributed by atoms with Crippen LogP contribution in [-0.4, -0.2) is 25.7 Å². The van der Waals surface area contributed by atoms with E-state index in [4.69, 9.17) is 9.47 Å². The van der Waals surface area contributed by atoms with Crippen LogP contribution in [0, 0.1) is 0 Å². The molecule has 1 N–H and O–H groups in total. The van der Waals surface area contributed by atoms with Gasteiger partial charge in [0.2, 0.25) is 5.91 Å². The highest BCUT2D eigenvalue weighted by atomic mass is 16.6. The lowest BCUT2D eigenvalue weighted by Crippen LogP contribution is -2.36. The number of amides is 1. The molecular weight excluding hydrogens is 374 g/mol. The van der Waals surface area contributed by atoms with Crippen LogP contribution < -0.4 is 14.8 Å². The SMILES string of the molecule is O=C(NCC1(c2ccc3c(c2)OCCO3)CC1)C(c1ccccc1)c1ccccc1. The molecule has 0 saturated heterocycles. The second kappa shape index (κ2) is 7.86. The molecule has 3 aromatic carbocycles. The number of benzene rings is 3. The van der Waals surface area contributed by atoms with Crippen molar-refractivity contribution in [3.63, 3.8) is 0 Å². The molecule has 1 heterocycles. The van der Waals surface area contributed by atoms with Crippen LogP contribution in [0.3, 0.4) is 0 Å². The van der Waals surface area contributed by atoms with Gasteiger partial charge >= 0.3 is 0 Å². The predicted octanol–water partition coefficient (Wildman–Crippen LogP) is 4.44. The van der Waals surface area contributed by atoms with E-state index in [2.05, 4.69) is 17.4 Å². The summed E-state index contributed by atoms with van der Waals surface area (Å²) in [5.41, 5.74) is 3.21. The smallest absolute Gasteiger partial charge is 0.232 e. The zero-order valence-electron chi connectivity index (χ0n) is 16.8. The zero-order valence-corrected chi connectivity index (χ0v) is 16.8. The average molecular weight is 399 g/mol. The van der Waals surface area contributed by atoms with Gasteiger partial charge in [-0.05, 0) is 41.7 Å². The molecule has 2 aliphatic rings.